The first-order valence-corrected chi connectivity index (χ1v) is 10.3. The number of carbonyl (C=O) groups is 3. The van der Waals surface area contributed by atoms with Gasteiger partial charge >= 0.3 is 12.3 Å². The second kappa shape index (κ2) is 9.04. The summed E-state index contributed by atoms with van der Waals surface area (Å²) in [5, 5.41) is 0. The highest BCUT2D eigenvalue weighted by Crippen LogP contribution is 2.26. The molecule has 0 spiro atoms. The number of amides is 1. The minimum Gasteiger partial charge on any atom is -0.456 e. The number of ether oxygens (including phenoxy) is 2. The number of benzene rings is 1. The van der Waals surface area contributed by atoms with Crippen molar-refractivity contribution in [3.05, 3.63) is 47.3 Å². The fraction of sp³-hybridized carbons (Fsp3) is 0.350. The second-order valence-corrected chi connectivity index (χ2v) is 7.77. The van der Waals surface area contributed by atoms with Gasteiger partial charge in [0.1, 0.15) is 12.3 Å². The monoisotopic (exact) mass is 456 g/mol. The molecule has 1 aromatic carbocycles. The molecule has 1 aliphatic rings. The SMILES string of the molecule is Cc1cc(C(=O)COC(=O)CN2CSCC2=O)c(C)n1-c1ccc(OC(F)(F)F)cc1. The molecular formula is C20H19F3N2O5S. The van der Waals surface area contributed by atoms with E-state index in [9.17, 15) is 27.6 Å². The van der Waals surface area contributed by atoms with Crippen molar-refractivity contribution in [2.45, 2.75) is 20.2 Å². The molecule has 0 atom stereocenters. The zero-order valence-corrected chi connectivity index (χ0v) is 17.5. The van der Waals surface area contributed by atoms with Gasteiger partial charge in [-0.3, -0.25) is 14.4 Å². The number of halogens is 3. The van der Waals surface area contributed by atoms with Gasteiger partial charge in [0.05, 0.1) is 11.6 Å². The van der Waals surface area contributed by atoms with Gasteiger partial charge in [0.25, 0.3) is 0 Å². The maximum Gasteiger partial charge on any atom is 0.573 e. The molecule has 1 saturated heterocycles. The van der Waals surface area contributed by atoms with Gasteiger partial charge in [0.2, 0.25) is 11.7 Å². The Morgan fingerprint density at radius 3 is 2.42 bits per heavy atom. The van der Waals surface area contributed by atoms with Gasteiger partial charge in [0, 0.05) is 22.6 Å². The van der Waals surface area contributed by atoms with E-state index in [4.69, 9.17) is 4.74 Å². The summed E-state index contributed by atoms with van der Waals surface area (Å²) in [5.74, 6) is -0.859. The van der Waals surface area contributed by atoms with Crippen LogP contribution < -0.4 is 4.74 Å². The number of aryl methyl sites for hydroxylation is 1. The summed E-state index contributed by atoms with van der Waals surface area (Å²) in [6.07, 6.45) is -4.78. The minimum atomic E-state index is -4.78. The highest BCUT2D eigenvalue weighted by Gasteiger charge is 2.31. The number of carbonyl (C=O) groups excluding carboxylic acids is 3. The molecule has 3 rings (SSSR count). The van der Waals surface area contributed by atoms with Gasteiger partial charge < -0.3 is 18.9 Å². The van der Waals surface area contributed by atoms with Crippen molar-refractivity contribution in [3.8, 4) is 11.4 Å². The third-order valence-electron chi connectivity index (χ3n) is 4.57. The number of ketones is 1. The van der Waals surface area contributed by atoms with E-state index in [1.54, 1.807) is 24.5 Å². The summed E-state index contributed by atoms with van der Waals surface area (Å²) in [7, 11) is 0. The smallest absolute Gasteiger partial charge is 0.456 e. The lowest BCUT2D eigenvalue weighted by atomic mass is 10.1. The van der Waals surface area contributed by atoms with Gasteiger partial charge in [-0.2, -0.15) is 0 Å². The third kappa shape index (κ3) is 5.60. The van der Waals surface area contributed by atoms with Crippen LogP contribution in [0.1, 0.15) is 21.7 Å². The highest BCUT2D eigenvalue weighted by molar-refractivity contribution is 8.00. The molecule has 0 saturated carbocycles. The van der Waals surface area contributed by atoms with E-state index < -0.39 is 24.7 Å². The summed E-state index contributed by atoms with van der Waals surface area (Å²) in [4.78, 5) is 37.4. The quantitative estimate of drug-likeness (QED) is 0.470. The summed E-state index contributed by atoms with van der Waals surface area (Å²) >= 11 is 1.40. The number of hydrogen-bond donors (Lipinski definition) is 0. The number of rotatable bonds is 7. The lowest BCUT2D eigenvalue weighted by molar-refractivity contribution is -0.274. The Balaban J connectivity index is 1.67. The Morgan fingerprint density at radius 2 is 1.84 bits per heavy atom. The van der Waals surface area contributed by atoms with E-state index in [1.165, 1.54) is 40.9 Å². The maximum atomic E-state index is 12.6. The predicted octanol–water partition coefficient (Wildman–Crippen LogP) is 3.25. The van der Waals surface area contributed by atoms with Gasteiger partial charge in [-0.1, -0.05) is 0 Å². The Kier molecular flexibility index (Phi) is 6.63. The number of Topliss-reactive ketones (excluding diaryl/α,β-unsaturated/α-hetero) is 1. The van der Waals surface area contributed by atoms with Crippen LogP contribution in [0.2, 0.25) is 0 Å². The number of thioether (sulfide) groups is 1. The van der Waals surface area contributed by atoms with Crippen LogP contribution in [-0.2, 0) is 14.3 Å². The largest absolute Gasteiger partial charge is 0.573 e. The van der Waals surface area contributed by atoms with Crippen LogP contribution in [-0.4, -0.2) is 58.3 Å². The molecule has 1 fully saturated rings. The third-order valence-corrected chi connectivity index (χ3v) is 5.51. The highest BCUT2D eigenvalue weighted by atomic mass is 32.2. The standard InChI is InChI=1S/C20H19F3N2O5S/c1-12-7-16(17(26)9-29-19(28)8-24-11-31-10-18(24)27)13(2)25(12)14-3-5-15(6-4-14)30-20(21,22)23/h3-7H,8-11H2,1-2H3. The Hall–Kier alpha value is -2.95. The van der Waals surface area contributed by atoms with Crippen LogP contribution in [0.15, 0.2) is 30.3 Å². The average molecular weight is 456 g/mol. The zero-order chi connectivity index (χ0) is 22.8. The minimum absolute atomic E-state index is 0.150. The van der Waals surface area contributed by atoms with Crippen LogP contribution in [0.3, 0.4) is 0 Å². The first kappa shape index (κ1) is 22.7. The van der Waals surface area contributed by atoms with Gasteiger partial charge in [-0.05, 0) is 44.2 Å². The van der Waals surface area contributed by atoms with Crippen molar-refractivity contribution in [2.75, 3.05) is 24.8 Å². The fourth-order valence-electron chi connectivity index (χ4n) is 3.20. The molecule has 1 aliphatic heterocycles. The van der Waals surface area contributed by atoms with Crippen molar-refractivity contribution >= 4 is 29.4 Å². The summed E-state index contributed by atoms with van der Waals surface area (Å²) in [6.45, 7) is 2.75. The number of alkyl halides is 3. The van der Waals surface area contributed by atoms with Crippen molar-refractivity contribution in [1.82, 2.24) is 9.47 Å². The van der Waals surface area contributed by atoms with E-state index in [0.717, 1.165) is 0 Å². The normalized spacial score (nSPS) is 14.1. The Morgan fingerprint density at radius 1 is 1.16 bits per heavy atom. The zero-order valence-electron chi connectivity index (χ0n) is 16.7. The van der Waals surface area contributed by atoms with Crippen molar-refractivity contribution < 1.29 is 37.0 Å². The van der Waals surface area contributed by atoms with Crippen molar-refractivity contribution in [3.63, 3.8) is 0 Å². The average Bonchev–Trinajstić information content (AvgIpc) is 3.22. The van der Waals surface area contributed by atoms with Crippen LogP contribution >= 0.6 is 11.8 Å². The van der Waals surface area contributed by atoms with E-state index in [-0.39, 0.29) is 18.2 Å². The van der Waals surface area contributed by atoms with Gasteiger partial charge in [0.15, 0.2) is 6.61 Å². The fourth-order valence-corrected chi connectivity index (χ4v) is 4.11. The molecule has 0 unspecified atom stereocenters. The molecule has 1 aromatic heterocycles. The lowest BCUT2D eigenvalue weighted by Gasteiger charge is -2.13. The summed E-state index contributed by atoms with van der Waals surface area (Å²) < 4.78 is 47.6. The molecular weight excluding hydrogens is 437 g/mol. The molecule has 2 aromatic rings. The lowest BCUT2D eigenvalue weighted by Crippen LogP contribution is -2.33. The molecule has 1 amide bonds. The van der Waals surface area contributed by atoms with Crippen LogP contribution in [0.25, 0.3) is 5.69 Å². The molecule has 31 heavy (non-hydrogen) atoms. The first-order chi connectivity index (χ1) is 14.5. The first-order valence-electron chi connectivity index (χ1n) is 9.14. The van der Waals surface area contributed by atoms with E-state index >= 15 is 0 Å². The number of hydrogen-bond acceptors (Lipinski definition) is 6. The molecule has 0 radical (unpaired) electrons. The molecule has 0 N–H and O–H groups in total. The summed E-state index contributed by atoms with van der Waals surface area (Å²) in [6, 6.07) is 6.87. The van der Waals surface area contributed by atoms with E-state index in [0.29, 0.717) is 34.3 Å². The van der Waals surface area contributed by atoms with Crippen LogP contribution in [0.5, 0.6) is 5.75 Å². The second-order valence-electron chi connectivity index (χ2n) is 6.82. The van der Waals surface area contributed by atoms with E-state index in [1.807, 2.05) is 0 Å². The topological polar surface area (TPSA) is 77.8 Å². The predicted molar refractivity (Wildman–Crippen MR) is 106 cm³/mol. The number of esters is 1. The number of nitrogens with zero attached hydrogens (tertiary/aromatic N) is 2. The van der Waals surface area contributed by atoms with Gasteiger partial charge in [-0.15, -0.1) is 24.9 Å². The molecule has 7 nitrogen and oxygen atoms in total. The van der Waals surface area contributed by atoms with E-state index in [2.05, 4.69) is 4.74 Å². The molecule has 2 heterocycles. The Labute approximate surface area is 180 Å². The molecule has 0 aliphatic carbocycles. The van der Waals surface area contributed by atoms with Crippen molar-refractivity contribution in [2.24, 2.45) is 0 Å². The van der Waals surface area contributed by atoms with Crippen LogP contribution in [0.4, 0.5) is 13.2 Å². The molecule has 0 bridgehead atoms. The van der Waals surface area contributed by atoms with Crippen LogP contribution in [0, 0.1) is 13.8 Å². The summed E-state index contributed by atoms with van der Waals surface area (Å²) in [5.41, 5.74) is 2.10. The van der Waals surface area contributed by atoms with Crippen molar-refractivity contribution in [1.29, 1.82) is 0 Å². The Bertz CT molecular complexity index is 1000. The van der Waals surface area contributed by atoms with Gasteiger partial charge in [-0.25, -0.2) is 0 Å². The molecule has 11 heteroatoms. The maximum absolute atomic E-state index is 12.6. The molecule has 166 valence electrons. The number of aromatic nitrogens is 1.